The molecule has 0 saturated carbocycles. The van der Waals surface area contributed by atoms with Gasteiger partial charge in [0.05, 0.1) is 7.11 Å². The number of esters is 1. The summed E-state index contributed by atoms with van der Waals surface area (Å²) in [7, 11) is 1.54. The van der Waals surface area contributed by atoms with E-state index < -0.39 is 5.63 Å². The van der Waals surface area contributed by atoms with Crippen LogP contribution in [0.4, 0.5) is 0 Å². The van der Waals surface area contributed by atoms with Crippen molar-refractivity contribution in [2.75, 3.05) is 7.11 Å². The lowest BCUT2D eigenvalue weighted by Gasteiger charge is -2.12. The topological polar surface area (TPSA) is 65.7 Å². The highest BCUT2D eigenvalue weighted by Crippen LogP contribution is 2.35. The van der Waals surface area contributed by atoms with Gasteiger partial charge in [0, 0.05) is 17.9 Å². The molecule has 0 fully saturated rings. The number of para-hydroxylation sites is 1. The smallest absolute Gasteiger partial charge is 0.336 e. The molecular formula is C34H44O5. The maximum atomic E-state index is 12.6. The molecule has 0 N–H and O–H groups in total. The molecule has 0 bridgehead atoms. The summed E-state index contributed by atoms with van der Waals surface area (Å²) in [5, 5.41) is 0.813. The van der Waals surface area contributed by atoms with Gasteiger partial charge in [-0.1, -0.05) is 94.7 Å². The fourth-order valence-corrected chi connectivity index (χ4v) is 4.79. The van der Waals surface area contributed by atoms with E-state index in [1.54, 1.807) is 25.3 Å². The second kappa shape index (κ2) is 17.3. The van der Waals surface area contributed by atoms with Crippen LogP contribution in [-0.4, -0.2) is 13.1 Å². The normalized spacial score (nSPS) is 11.3. The van der Waals surface area contributed by atoms with Crippen LogP contribution in [0.5, 0.6) is 11.5 Å². The molecule has 210 valence electrons. The van der Waals surface area contributed by atoms with E-state index in [1.165, 1.54) is 63.9 Å². The van der Waals surface area contributed by atoms with Gasteiger partial charge in [0.2, 0.25) is 0 Å². The van der Waals surface area contributed by atoms with Crippen molar-refractivity contribution in [1.82, 2.24) is 0 Å². The van der Waals surface area contributed by atoms with Crippen molar-refractivity contribution < 1.29 is 18.7 Å². The number of hydrogen-bond donors (Lipinski definition) is 0. The van der Waals surface area contributed by atoms with E-state index in [9.17, 15) is 9.59 Å². The number of ether oxygens (including phenoxy) is 2. The van der Waals surface area contributed by atoms with Gasteiger partial charge in [-0.25, -0.2) is 4.79 Å². The van der Waals surface area contributed by atoms with Gasteiger partial charge in [0.25, 0.3) is 0 Å². The number of carbonyl (C=O) groups is 1. The van der Waals surface area contributed by atoms with E-state index in [0.29, 0.717) is 23.5 Å². The second-order valence-corrected chi connectivity index (χ2v) is 10.1. The van der Waals surface area contributed by atoms with Crippen molar-refractivity contribution >= 4 is 16.9 Å². The standard InChI is InChI=1S/C34H44O5/c1-3-4-5-6-7-8-9-10-11-12-13-14-15-16-17-22-33(35)39-32-25-27(23-24-31(32)37-2)29-26-34(36)38-30-21-19-18-20-28(29)30/h10-11,18-21,23-26H,3-9,12-17,22H2,1-2H3/b11-10-. The van der Waals surface area contributed by atoms with Crippen molar-refractivity contribution in [2.24, 2.45) is 0 Å². The number of hydrogen-bond acceptors (Lipinski definition) is 5. The molecule has 5 heteroatoms. The summed E-state index contributed by atoms with van der Waals surface area (Å²) in [4.78, 5) is 24.7. The Hall–Kier alpha value is -3.34. The molecule has 0 atom stereocenters. The zero-order chi connectivity index (χ0) is 27.7. The van der Waals surface area contributed by atoms with Gasteiger partial charge in [0.1, 0.15) is 5.58 Å². The van der Waals surface area contributed by atoms with Crippen LogP contribution in [-0.2, 0) is 4.79 Å². The van der Waals surface area contributed by atoms with Crippen LogP contribution in [0.25, 0.3) is 22.1 Å². The molecule has 1 heterocycles. The minimum Gasteiger partial charge on any atom is -0.493 e. The Labute approximate surface area is 233 Å². The molecule has 0 aliphatic heterocycles. The molecule has 3 rings (SSSR count). The predicted molar refractivity (Wildman–Crippen MR) is 160 cm³/mol. The summed E-state index contributed by atoms with van der Waals surface area (Å²) in [6, 6.07) is 14.2. The van der Waals surface area contributed by atoms with Crippen LogP contribution in [0, 0.1) is 0 Å². The lowest BCUT2D eigenvalue weighted by atomic mass is 10.0. The van der Waals surface area contributed by atoms with E-state index in [4.69, 9.17) is 13.9 Å². The second-order valence-electron chi connectivity index (χ2n) is 10.1. The zero-order valence-corrected chi connectivity index (χ0v) is 23.7. The molecule has 0 unspecified atom stereocenters. The third kappa shape index (κ3) is 10.4. The van der Waals surface area contributed by atoms with Gasteiger partial charge in [-0.05, 0) is 61.4 Å². The van der Waals surface area contributed by atoms with E-state index in [1.807, 2.05) is 24.3 Å². The largest absolute Gasteiger partial charge is 0.493 e. The number of methoxy groups -OCH3 is 1. The summed E-state index contributed by atoms with van der Waals surface area (Å²) < 4.78 is 16.4. The Balaban J connectivity index is 1.39. The first-order valence-corrected chi connectivity index (χ1v) is 14.7. The monoisotopic (exact) mass is 532 g/mol. The summed E-state index contributed by atoms with van der Waals surface area (Å²) >= 11 is 0. The molecule has 3 aromatic rings. The maximum Gasteiger partial charge on any atom is 0.336 e. The molecule has 39 heavy (non-hydrogen) atoms. The summed E-state index contributed by atoms with van der Waals surface area (Å²) in [5.41, 5.74) is 1.56. The first-order valence-electron chi connectivity index (χ1n) is 14.7. The maximum absolute atomic E-state index is 12.6. The minimum absolute atomic E-state index is 0.277. The molecule has 0 aliphatic carbocycles. The third-order valence-corrected chi connectivity index (χ3v) is 6.99. The summed E-state index contributed by atoms with van der Waals surface area (Å²) in [6.45, 7) is 2.26. The number of benzene rings is 2. The predicted octanol–water partition coefficient (Wildman–Crippen LogP) is 9.41. The van der Waals surface area contributed by atoms with E-state index in [-0.39, 0.29) is 5.97 Å². The van der Waals surface area contributed by atoms with Gasteiger partial charge in [-0.3, -0.25) is 4.79 Å². The average Bonchev–Trinajstić information content (AvgIpc) is 2.94. The van der Waals surface area contributed by atoms with E-state index in [2.05, 4.69) is 19.1 Å². The Kier molecular flexibility index (Phi) is 13.4. The SMILES string of the molecule is CCCCCCCC/C=C\CCCCCCCC(=O)Oc1cc(-c2cc(=O)oc3ccccc23)ccc1OC. The van der Waals surface area contributed by atoms with Gasteiger partial charge in [-0.15, -0.1) is 0 Å². The van der Waals surface area contributed by atoms with Crippen LogP contribution >= 0.6 is 0 Å². The fourth-order valence-electron chi connectivity index (χ4n) is 4.79. The number of carbonyl (C=O) groups excluding carboxylic acids is 1. The first kappa shape index (κ1) is 30.2. The van der Waals surface area contributed by atoms with Crippen LogP contribution in [0.2, 0.25) is 0 Å². The number of rotatable bonds is 18. The highest BCUT2D eigenvalue weighted by Gasteiger charge is 2.14. The van der Waals surface area contributed by atoms with Gasteiger partial charge in [0.15, 0.2) is 11.5 Å². The highest BCUT2D eigenvalue weighted by atomic mass is 16.6. The molecule has 1 aromatic heterocycles. The van der Waals surface area contributed by atoms with Crippen molar-refractivity contribution in [3.05, 3.63) is 71.1 Å². The van der Waals surface area contributed by atoms with Crippen molar-refractivity contribution in [3.63, 3.8) is 0 Å². The third-order valence-electron chi connectivity index (χ3n) is 6.99. The molecule has 5 nitrogen and oxygen atoms in total. The number of allylic oxidation sites excluding steroid dienone is 2. The molecule has 0 amide bonds. The zero-order valence-electron chi connectivity index (χ0n) is 23.7. The quantitative estimate of drug-likeness (QED) is 0.0537. The van der Waals surface area contributed by atoms with Crippen LogP contribution in [0.3, 0.4) is 0 Å². The Morgan fingerprint density at radius 2 is 1.46 bits per heavy atom. The lowest BCUT2D eigenvalue weighted by molar-refractivity contribution is -0.134. The van der Waals surface area contributed by atoms with Crippen molar-refractivity contribution in [2.45, 2.75) is 96.8 Å². The van der Waals surface area contributed by atoms with Crippen molar-refractivity contribution in [1.29, 1.82) is 0 Å². The fraction of sp³-hybridized carbons (Fsp3) is 0.471. The van der Waals surface area contributed by atoms with Crippen molar-refractivity contribution in [3.8, 4) is 22.6 Å². The van der Waals surface area contributed by atoms with Crippen LogP contribution < -0.4 is 15.1 Å². The Morgan fingerprint density at radius 1 is 0.795 bits per heavy atom. The first-order chi connectivity index (χ1) is 19.1. The lowest BCUT2D eigenvalue weighted by Crippen LogP contribution is -2.08. The van der Waals surface area contributed by atoms with Crippen LogP contribution in [0.15, 0.2) is 69.9 Å². The Morgan fingerprint density at radius 3 is 2.18 bits per heavy atom. The number of unbranched alkanes of at least 4 members (excludes halogenated alkanes) is 11. The molecule has 2 aromatic carbocycles. The highest BCUT2D eigenvalue weighted by molar-refractivity contribution is 5.93. The Bertz CT molecular complexity index is 1240. The minimum atomic E-state index is -0.428. The van der Waals surface area contributed by atoms with E-state index in [0.717, 1.165) is 42.2 Å². The van der Waals surface area contributed by atoms with E-state index >= 15 is 0 Å². The molecule has 0 radical (unpaired) electrons. The molecule has 0 aliphatic rings. The summed E-state index contributed by atoms with van der Waals surface area (Å²) in [5.74, 6) is 0.550. The molecule has 0 spiro atoms. The number of fused-ring (bicyclic) bond motifs is 1. The van der Waals surface area contributed by atoms with Crippen LogP contribution in [0.1, 0.15) is 96.8 Å². The van der Waals surface area contributed by atoms with Gasteiger partial charge in [-0.2, -0.15) is 0 Å². The molecular weight excluding hydrogens is 488 g/mol. The van der Waals surface area contributed by atoms with Gasteiger partial charge < -0.3 is 13.9 Å². The van der Waals surface area contributed by atoms with Gasteiger partial charge >= 0.3 is 11.6 Å². The summed E-state index contributed by atoms with van der Waals surface area (Å²) in [6.07, 6.45) is 20.8. The molecule has 0 saturated heterocycles. The average molecular weight is 533 g/mol.